The van der Waals surface area contributed by atoms with Gasteiger partial charge in [0, 0.05) is 19.5 Å². The minimum Gasteiger partial charge on any atom is -0.410 e. The summed E-state index contributed by atoms with van der Waals surface area (Å²) in [6, 6.07) is 7.41. The summed E-state index contributed by atoms with van der Waals surface area (Å²) in [6.45, 7) is 3.11. The van der Waals surface area contributed by atoms with Gasteiger partial charge >= 0.3 is 6.09 Å². The summed E-state index contributed by atoms with van der Waals surface area (Å²) in [7, 11) is 0. The Morgan fingerprint density at radius 2 is 1.94 bits per heavy atom. The van der Waals surface area contributed by atoms with E-state index in [9.17, 15) is 9.59 Å². The maximum atomic E-state index is 12.7. The van der Waals surface area contributed by atoms with E-state index in [1.165, 1.54) is 25.7 Å². The third kappa shape index (κ3) is 4.26. The Kier molecular flexibility index (Phi) is 5.68. The number of benzene rings is 1. The van der Waals surface area contributed by atoms with Gasteiger partial charge in [-0.15, -0.1) is 0 Å². The van der Waals surface area contributed by atoms with E-state index in [0.717, 1.165) is 30.7 Å². The first-order valence-electron chi connectivity index (χ1n) is 11.6. The molecule has 0 radical (unpaired) electrons. The van der Waals surface area contributed by atoms with Gasteiger partial charge in [-0.25, -0.2) is 14.5 Å². The minimum absolute atomic E-state index is 0.0413. The van der Waals surface area contributed by atoms with Gasteiger partial charge in [0.2, 0.25) is 0 Å². The number of carbonyl (C=O) groups excluding carboxylic acids is 1. The molecule has 2 aliphatic rings. The second kappa shape index (κ2) is 8.76. The number of ether oxygens (including phenoxy) is 1. The summed E-state index contributed by atoms with van der Waals surface area (Å²) in [5.74, 6) is 1.87. The molecule has 0 bridgehead atoms. The Morgan fingerprint density at radius 1 is 1.16 bits per heavy atom. The van der Waals surface area contributed by atoms with Crippen LogP contribution in [0.1, 0.15) is 56.0 Å². The van der Waals surface area contributed by atoms with E-state index >= 15 is 0 Å². The van der Waals surface area contributed by atoms with Crippen molar-refractivity contribution in [2.75, 3.05) is 13.1 Å². The smallest absolute Gasteiger partial charge is 0.410 e. The molecule has 1 saturated carbocycles. The highest BCUT2D eigenvalue weighted by Crippen LogP contribution is 2.28. The summed E-state index contributed by atoms with van der Waals surface area (Å²) in [5.41, 5.74) is 1.59. The number of hydrogen-bond acceptors (Lipinski definition) is 5. The number of aromatic nitrogens is 4. The van der Waals surface area contributed by atoms with Gasteiger partial charge in [0.15, 0.2) is 5.65 Å². The van der Waals surface area contributed by atoms with Crippen LogP contribution in [-0.2, 0) is 6.42 Å². The number of carbonyl (C=O) groups is 1. The van der Waals surface area contributed by atoms with Crippen molar-refractivity contribution in [3.8, 4) is 5.75 Å². The fraction of sp³-hybridized carbons (Fsp3) is 0.500. The lowest BCUT2D eigenvalue weighted by molar-refractivity contribution is 0.126. The van der Waals surface area contributed by atoms with Gasteiger partial charge in [0.1, 0.15) is 17.0 Å². The van der Waals surface area contributed by atoms with E-state index in [4.69, 9.17) is 9.72 Å². The molecule has 1 amide bonds. The molecule has 1 aliphatic carbocycles. The molecule has 2 fully saturated rings. The predicted molar refractivity (Wildman–Crippen MR) is 121 cm³/mol. The molecular weight excluding hydrogens is 406 g/mol. The highest BCUT2D eigenvalue weighted by Gasteiger charge is 2.28. The van der Waals surface area contributed by atoms with E-state index < -0.39 is 0 Å². The summed E-state index contributed by atoms with van der Waals surface area (Å²) < 4.78 is 7.39. The molecule has 1 saturated heterocycles. The topological polar surface area (TPSA) is 93.1 Å². The lowest BCUT2D eigenvalue weighted by Gasteiger charge is -2.32. The largest absolute Gasteiger partial charge is 0.415 e. The maximum Gasteiger partial charge on any atom is 0.415 e. The van der Waals surface area contributed by atoms with Crippen molar-refractivity contribution < 1.29 is 9.53 Å². The zero-order valence-electron chi connectivity index (χ0n) is 18.4. The van der Waals surface area contributed by atoms with E-state index in [1.54, 1.807) is 23.2 Å². The molecule has 1 aromatic carbocycles. The molecule has 168 valence electrons. The number of likely N-dealkylation sites (tertiary alicyclic amines) is 1. The normalized spacial score (nSPS) is 19.5. The maximum absolute atomic E-state index is 12.7. The van der Waals surface area contributed by atoms with Gasteiger partial charge in [-0.2, -0.15) is 5.10 Å². The lowest BCUT2D eigenvalue weighted by atomic mass is 10.0. The van der Waals surface area contributed by atoms with Gasteiger partial charge < -0.3 is 14.6 Å². The number of aryl methyl sites for hydroxylation is 1. The molecule has 8 nitrogen and oxygen atoms in total. The summed E-state index contributed by atoms with van der Waals surface area (Å²) >= 11 is 0. The third-order valence-corrected chi connectivity index (χ3v) is 6.70. The van der Waals surface area contributed by atoms with Crippen LogP contribution in [0.4, 0.5) is 4.79 Å². The monoisotopic (exact) mass is 435 g/mol. The fourth-order valence-corrected chi connectivity index (χ4v) is 4.93. The standard InChI is InChI=1S/C24H29N5O3/c1-16-8-10-19(11-9-16)32-24(31)28-12-4-7-18(15-28)29-22-20(14-25-29)23(30)27-21(26-22)13-17-5-2-3-6-17/h8-11,14,17-18H,2-7,12-13,15H2,1H3,(H,26,27,30). The van der Waals surface area contributed by atoms with Crippen LogP contribution in [0.25, 0.3) is 11.0 Å². The SMILES string of the molecule is Cc1ccc(OC(=O)N2CCCC(n3ncc4c(=O)[nH]c(CC5CCCC5)nc43)C2)cc1. The molecule has 3 aromatic rings. The number of H-pyrrole nitrogens is 1. The van der Waals surface area contributed by atoms with Crippen LogP contribution < -0.4 is 10.3 Å². The van der Waals surface area contributed by atoms with Crippen LogP contribution in [-0.4, -0.2) is 43.8 Å². The van der Waals surface area contributed by atoms with E-state index in [0.29, 0.717) is 35.8 Å². The van der Waals surface area contributed by atoms with Crippen LogP contribution >= 0.6 is 0 Å². The van der Waals surface area contributed by atoms with Crippen LogP contribution in [0.5, 0.6) is 5.75 Å². The Hall–Kier alpha value is -3.16. The second-order valence-electron chi connectivity index (χ2n) is 9.12. The molecule has 0 spiro atoms. The Balaban J connectivity index is 1.34. The van der Waals surface area contributed by atoms with Gasteiger partial charge in [-0.1, -0.05) is 43.4 Å². The Labute approximate surface area is 186 Å². The van der Waals surface area contributed by atoms with Gasteiger partial charge in [0.25, 0.3) is 5.56 Å². The van der Waals surface area contributed by atoms with Crippen molar-refractivity contribution >= 4 is 17.1 Å². The van der Waals surface area contributed by atoms with Gasteiger partial charge in [0.05, 0.1) is 12.2 Å². The van der Waals surface area contributed by atoms with Gasteiger partial charge in [-0.05, 0) is 37.8 Å². The molecule has 1 unspecified atom stereocenters. The summed E-state index contributed by atoms with van der Waals surface area (Å²) in [5, 5.41) is 5.00. The number of piperidine rings is 1. The van der Waals surface area contributed by atoms with Crippen LogP contribution in [0.2, 0.25) is 0 Å². The summed E-state index contributed by atoms with van der Waals surface area (Å²) in [6.07, 6.45) is 8.65. The number of amides is 1. The zero-order valence-corrected chi connectivity index (χ0v) is 18.4. The molecule has 1 atom stereocenters. The molecule has 1 N–H and O–H groups in total. The summed E-state index contributed by atoms with van der Waals surface area (Å²) in [4.78, 5) is 34.8. The quantitative estimate of drug-likeness (QED) is 0.669. The average molecular weight is 436 g/mol. The molecular formula is C24H29N5O3. The first-order chi connectivity index (χ1) is 15.6. The van der Waals surface area contributed by atoms with Crippen molar-refractivity contribution in [3.05, 3.63) is 52.2 Å². The fourth-order valence-electron chi connectivity index (χ4n) is 4.93. The first-order valence-corrected chi connectivity index (χ1v) is 11.6. The molecule has 1 aliphatic heterocycles. The highest BCUT2D eigenvalue weighted by atomic mass is 16.6. The number of hydrogen-bond donors (Lipinski definition) is 1. The molecule has 8 heteroatoms. The molecule has 32 heavy (non-hydrogen) atoms. The van der Waals surface area contributed by atoms with Crippen molar-refractivity contribution in [2.45, 2.75) is 57.9 Å². The van der Waals surface area contributed by atoms with Crippen molar-refractivity contribution in [3.63, 3.8) is 0 Å². The van der Waals surface area contributed by atoms with Crippen molar-refractivity contribution in [1.29, 1.82) is 0 Å². The van der Waals surface area contributed by atoms with Crippen LogP contribution in [0, 0.1) is 12.8 Å². The predicted octanol–water partition coefficient (Wildman–Crippen LogP) is 4.00. The van der Waals surface area contributed by atoms with E-state index in [-0.39, 0.29) is 17.7 Å². The third-order valence-electron chi connectivity index (χ3n) is 6.70. The van der Waals surface area contributed by atoms with E-state index in [1.807, 2.05) is 23.7 Å². The molecule has 3 heterocycles. The van der Waals surface area contributed by atoms with Crippen molar-refractivity contribution in [2.24, 2.45) is 5.92 Å². The Morgan fingerprint density at radius 3 is 2.72 bits per heavy atom. The average Bonchev–Trinajstić information content (AvgIpc) is 3.46. The number of fused-ring (bicyclic) bond motifs is 1. The number of aromatic amines is 1. The lowest BCUT2D eigenvalue weighted by Crippen LogP contribution is -2.42. The number of nitrogens with zero attached hydrogens (tertiary/aromatic N) is 4. The molecule has 5 rings (SSSR count). The number of rotatable bonds is 4. The van der Waals surface area contributed by atoms with Crippen LogP contribution in [0.3, 0.4) is 0 Å². The Bertz CT molecular complexity index is 1160. The van der Waals surface area contributed by atoms with Gasteiger partial charge in [-0.3, -0.25) is 4.79 Å². The zero-order chi connectivity index (χ0) is 22.1. The number of nitrogens with one attached hydrogen (secondary N) is 1. The first kappa shape index (κ1) is 20.7. The molecule has 2 aromatic heterocycles. The van der Waals surface area contributed by atoms with E-state index in [2.05, 4.69) is 10.1 Å². The highest BCUT2D eigenvalue weighted by molar-refractivity contribution is 5.73. The van der Waals surface area contributed by atoms with Crippen LogP contribution in [0.15, 0.2) is 35.3 Å². The second-order valence-corrected chi connectivity index (χ2v) is 9.12. The minimum atomic E-state index is -0.359. The van der Waals surface area contributed by atoms with Crippen molar-refractivity contribution in [1.82, 2.24) is 24.6 Å².